The van der Waals surface area contributed by atoms with Crippen LogP contribution in [0.15, 0.2) is 57.3 Å². The van der Waals surface area contributed by atoms with Gasteiger partial charge in [-0.3, -0.25) is 10.1 Å². The van der Waals surface area contributed by atoms with Crippen LogP contribution in [0.4, 0.5) is 5.69 Å². The van der Waals surface area contributed by atoms with Crippen LogP contribution in [0.25, 0.3) is 0 Å². The van der Waals surface area contributed by atoms with Crippen molar-refractivity contribution in [1.82, 2.24) is 0 Å². The van der Waals surface area contributed by atoms with Gasteiger partial charge in [0.1, 0.15) is 12.4 Å². The van der Waals surface area contributed by atoms with Crippen LogP contribution < -0.4 is 4.74 Å². The van der Waals surface area contributed by atoms with E-state index in [1.165, 1.54) is 5.56 Å². The van der Waals surface area contributed by atoms with Crippen molar-refractivity contribution in [1.29, 1.82) is 0 Å². The minimum atomic E-state index is -0.359. The lowest BCUT2D eigenvalue weighted by molar-refractivity contribution is -0.385. The number of rotatable bonds is 4. The Hall–Kier alpha value is -1.79. The molecule has 3 rings (SSSR count). The average molecular weight is 378 g/mol. The van der Waals surface area contributed by atoms with Gasteiger partial charge in [-0.2, -0.15) is 0 Å². The summed E-state index contributed by atoms with van der Waals surface area (Å²) in [6.45, 7) is 0.497. The molecule has 6 heteroatoms. The summed E-state index contributed by atoms with van der Waals surface area (Å²) in [6.07, 6.45) is 2.66. The third-order valence-corrected chi connectivity index (χ3v) is 4.91. The molecule has 22 heavy (non-hydrogen) atoms. The van der Waals surface area contributed by atoms with E-state index < -0.39 is 0 Å². The maximum absolute atomic E-state index is 10.9. The van der Waals surface area contributed by atoms with Crippen LogP contribution in [0.1, 0.15) is 11.1 Å². The molecule has 1 aliphatic heterocycles. The van der Waals surface area contributed by atoms with Crippen LogP contribution in [0.2, 0.25) is 0 Å². The number of nitrogens with zero attached hydrogens (tertiary/aromatic N) is 1. The molecular formula is C16H12BrNO3S. The molecule has 0 atom stereocenters. The number of benzene rings is 2. The van der Waals surface area contributed by atoms with Crippen LogP contribution in [0.3, 0.4) is 0 Å². The topological polar surface area (TPSA) is 52.4 Å². The lowest BCUT2D eigenvalue weighted by Gasteiger charge is -2.19. The van der Waals surface area contributed by atoms with Crippen molar-refractivity contribution in [2.45, 2.75) is 16.2 Å². The van der Waals surface area contributed by atoms with Gasteiger partial charge in [0.25, 0.3) is 5.69 Å². The summed E-state index contributed by atoms with van der Waals surface area (Å²) in [7, 11) is 0. The molecular weight excluding hydrogens is 366 g/mol. The van der Waals surface area contributed by atoms with Crippen LogP contribution in [0.5, 0.6) is 5.75 Å². The molecule has 0 fully saturated rings. The van der Waals surface area contributed by atoms with E-state index in [4.69, 9.17) is 4.74 Å². The van der Waals surface area contributed by atoms with E-state index in [0.29, 0.717) is 6.61 Å². The fourth-order valence-corrected chi connectivity index (χ4v) is 3.55. The summed E-state index contributed by atoms with van der Waals surface area (Å²) in [5.41, 5.74) is 2.47. The Balaban J connectivity index is 1.86. The molecule has 112 valence electrons. The van der Waals surface area contributed by atoms with Crippen molar-refractivity contribution in [3.63, 3.8) is 0 Å². The van der Waals surface area contributed by atoms with E-state index in [2.05, 4.69) is 22.0 Å². The van der Waals surface area contributed by atoms with Gasteiger partial charge in [-0.05, 0) is 40.7 Å². The second-order valence-corrected chi connectivity index (χ2v) is 6.38. The third-order valence-electron chi connectivity index (χ3n) is 3.34. The molecule has 0 bridgehead atoms. The molecule has 0 N–H and O–H groups in total. The number of ether oxygens (including phenoxy) is 1. The van der Waals surface area contributed by atoms with Gasteiger partial charge in [0.2, 0.25) is 0 Å². The fraction of sp³-hybridized carbons (Fsp3) is 0.125. The standard InChI is InChI=1S/C16H12BrNO3S/c17-6-1-7-21-14-5-3-12-8-11-2-4-13(18(19)20)9-15(11)22-16(12)10-14/h1-6,9-10H,7-8H2/b6-1+. The van der Waals surface area contributed by atoms with Gasteiger partial charge in [-0.15, -0.1) is 0 Å². The minimum absolute atomic E-state index is 0.129. The van der Waals surface area contributed by atoms with Crippen LogP contribution in [-0.2, 0) is 6.42 Å². The number of nitro groups is 1. The smallest absolute Gasteiger partial charge is 0.270 e. The van der Waals surface area contributed by atoms with E-state index in [0.717, 1.165) is 27.5 Å². The predicted molar refractivity (Wildman–Crippen MR) is 90.0 cm³/mol. The lowest BCUT2D eigenvalue weighted by Crippen LogP contribution is -2.01. The summed E-state index contributed by atoms with van der Waals surface area (Å²) in [4.78, 5) is 14.3. The summed E-state index contributed by atoms with van der Waals surface area (Å²) in [5, 5.41) is 10.9. The first-order valence-corrected chi connectivity index (χ1v) is 8.36. The molecule has 4 nitrogen and oxygen atoms in total. The zero-order valence-electron chi connectivity index (χ0n) is 11.5. The van der Waals surface area contributed by atoms with Gasteiger partial charge in [-0.25, -0.2) is 0 Å². The van der Waals surface area contributed by atoms with E-state index in [-0.39, 0.29) is 10.6 Å². The van der Waals surface area contributed by atoms with Gasteiger partial charge >= 0.3 is 0 Å². The Morgan fingerprint density at radius 1 is 1.23 bits per heavy atom. The van der Waals surface area contributed by atoms with Crippen LogP contribution in [-0.4, -0.2) is 11.5 Å². The van der Waals surface area contributed by atoms with Crippen LogP contribution in [0, 0.1) is 10.1 Å². The Morgan fingerprint density at radius 3 is 2.68 bits per heavy atom. The number of fused-ring (bicyclic) bond motifs is 2. The molecule has 2 aromatic rings. The first-order valence-electron chi connectivity index (χ1n) is 6.63. The van der Waals surface area contributed by atoms with Gasteiger partial charge in [0.05, 0.1) is 4.92 Å². The highest BCUT2D eigenvalue weighted by atomic mass is 79.9. The van der Waals surface area contributed by atoms with Gasteiger partial charge < -0.3 is 4.74 Å². The minimum Gasteiger partial charge on any atom is -0.489 e. The number of hydrogen-bond acceptors (Lipinski definition) is 4. The molecule has 0 saturated heterocycles. The SMILES string of the molecule is O=[N+]([O-])c1ccc2c(c1)Sc1cc(OC/C=C/Br)ccc1C2. The number of halogens is 1. The Morgan fingerprint density at radius 2 is 1.95 bits per heavy atom. The van der Waals surface area contributed by atoms with E-state index in [9.17, 15) is 10.1 Å². The number of hydrogen-bond donors (Lipinski definition) is 0. The molecule has 0 spiro atoms. The van der Waals surface area contributed by atoms with Crippen molar-refractivity contribution in [2.75, 3.05) is 6.61 Å². The molecule has 0 aromatic heterocycles. The largest absolute Gasteiger partial charge is 0.489 e. The first-order chi connectivity index (χ1) is 10.7. The highest BCUT2D eigenvalue weighted by Crippen LogP contribution is 2.42. The second kappa shape index (κ2) is 6.54. The second-order valence-electron chi connectivity index (χ2n) is 4.77. The van der Waals surface area contributed by atoms with Gasteiger partial charge in [-0.1, -0.05) is 39.8 Å². The van der Waals surface area contributed by atoms with E-state index in [1.54, 1.807) is 28.9 Å². The van der Waals surface area contributed by atoms with Gasteiger partial charge in [0.15, 0.2) is 0 Å². The number of nitro benzene ring substituents is 1. The lowest BCUT2D eigenvalue weighted by atomic mass is 10.0. The quantitative estimate of drug-likeness (QED) is 0.477. The van der Waals surface area contributed by atoms with E-state index >= 15 is 0 Å². The van der Waals surface area contributed by atoms with Gasteiger partial charge in [0, 0.05) is 21.9 Å². The van der Waals surface area contributed by atoms with Crippen molar-refractivity contribution in [2.24, 2.45) is 0 Å². The highest BCUT2D eigenvalue weighted by Gasteiger charge is 2.19. The molecule has 0 saturated carbocycles. The van der Waals surface area contributed by atoms with Crippen LogP contribution >= 0.6 is 27.7 Å². The number of non-ortho nitro benzene ring substituents is 1. The highest BCUT2D eigenvalue weighted by molar-refractivity contribution is 9.11. The predicted octanol–water partition coefficient (Wildman–Crippen LogP) is 4.94. The molecule has 2 aromatic carbocycles. The molecule has 0 aliphatic carbocycles. The summed E-state index contributed by atoms with van der Waals surface area (Å²) < 4.78 is 5.62. The first kappa shape index (κ1) is 15.1. The summed E-state index contributed by atoms with van der Waals surface area (Å²) >= 11 is 4.76. The normalized spacial score (nSPS) is 12.8. The average Bonchev–Trinajstić information content (AvgIpc) is 2.52. The monoisotopic (exact) mass is 377 g/mol. The molecule has 0 unspecified atom stereocenters. The maximum atomic E-state index is 10.9. The summed E-state index contributed by atoms with van der Waals surface area (Å²) in [6, 6.07) is 11.1. The Bertz CT molecular complexity index is 761. The zero-order chi connectivity index (χ0) is 15.5. The van der Waals surface area contributed by atoms with Crippen molar-refractivity contribution < 1.29 is 9.66 Å². The van der Waals surface area contributed by atoms with Crippen molar-refractivity contribution >= 4 is 33.4 Å². The molecule has 0 radical (unpaired) electrons. The Labute approximate surface area is 140 Å². The summed E-state index contributed by atoms with van der Waals surface area (Å²) in [5.74, 6) is 0.797. The molecule has 0 amide bonds. The van der Waals surface area contributed by atoms with Crippen molar-refractivity contribution in [3.05, 3.63) is 68.7 Å². The zero-order valence-corrected chi connectivity index (χ0v) is 13.9. The maximum Gasteiger partial charge on any atom is 0.270 e. The van der Waals surface area contributed by atoms with E-state index in [1.807, 2.05) is 24.3 Å². The Kier molecular flexibility index (Phi) is 4.49. The molecule has 1 aliphatic rings. The third kappa shape index (κ3) is 3.18. The fourth-order valence-electron chi connectivity index (χ4n) is 2.27. The molecule has 1 heterocycles. The van der Waals surface area contributed by atoms with Crippen molar-refractivity contribution in [3.8, 4) is 5.75 Å².